The molecular formula is C26H35FO6. The van der Waals surface area contributed by atoms with Crippen LogP contribution in [0.2, 0.25) is 0 Å². The van der Waals surface area contributed by atoms with Crippen LogP contribution in [0.4, 0.5) is 4.39 Å². The highest BCUT2D eigenvalue weighted by molar-refractivity contribution is 6.01. The lowest BCUT2D eigenvalue weighted by Gasteiger charge is -2.60. The maximum Gasteiger partial charge on any atom is 0.306 e. The molecule has 0 aromatic carbocycles. The first-order valence-corrected chi connectivity index (χ1v) is 12.1. The minimum Gasteiger partial charge on any atom is -0.450 e. The average molecular weight is 463 g/mol. The second-order valence-electron chi connectivity index (χ2n) is 11.0. The molecule has 33 heavy (non-hydrogen) atoms. The van der Waals surface area contributed by atoms with Gasteiger partial charge in [-0.05, 0) is 55.2 Å². The first kappa shape index (κ1) is 24.3. The van der Waals surface area contributed by atoms with Crippen molar-refractivity contribution >= 4 is 17.5 Å². The molecule has 0 radical (unpaired) electrons. The van der Waals surface area contributed by atoms with Gasteiger partial charge in [-0.2, -0.15) is 0 Å². The number of alkyl halides is 1. The standard InChI is InChI=1S/C26H35FO6/c1-5-6-22(32)33-26(21(31)13-28)14(2)9-17-16-11-19(27)18-10-15(29)7-8-24(18,3)23(16)20(30)12-25(17,26)4/h7-8,10,14,16-17,19-20,23,28,30H,5-6,9,11-13H2,1-4H3/t14?,16-,17-,19?,20-,23+,24-,25-,26+/m0/s1. The van der Waals surface area contributed by atoms with Crippen LogP contribution in [0.5, 0.6) is 0 Å². The van der Waals surface area contributed by atoms with E-state index < -0.39 is 47.1 Å². The topological polar surface area (TPSA) is 101 Å². The molecule has 0 amide bonds. The number of allylic oxidation sites excluding steroid dienone is 4. The van der Waals surface area contributed by atoms with E-state index in [2.05, 4.69) is 0 Å². The number of Topliss-reactive ketones (excluding diaryl/α,β-unsaturated/α-hetero) is 1. The van der Waals surface area contributed by atoms with Crippen LogP contribution >= 0.6 is 0 Å². The zero-order valence-electron chi connectivity index (χ0n) is 19.8. The summed E-state index contributed by atoms with van der Waals surface area (Å²) >= 11 is 0. The van der Waals surface area contributed by atoms with Gasteiger partial charge in [0.1, 0.15) is 12.8 Å². The van der Waals surface area contributed by atoms with Crippen molar-refractivity contribution in [1.29, 1.82) is 0 Å². The maximum atomic E-state index is 15.5. The Bertz CT molecular complexity index is 926. The molecule has 2 N–H and O–H groups in total. The third kappa shape index (κ3) is 3.22. The second kappa shape index (κ2) is 8.12. The third-order valence-electron chi connectivity index (χ3n) is 9.30. The largest absolute Gasteiger partial charge is 0.450 e. The van der Waals surface area contributed by atoms with Crippen molar-refractivity contribution in [3.05, 3.63) is 23.8 Å². The predicted molar refractivity (Wildman–Crippen MR) is 119 cm³/mol. The van der Waals surface area contributed by atoms with E-state index in [9.17, 15) is 24.6 Å². The van der Waals surface area contributed by atoms with Crippen molar-refractivity contribution in [3.63, 3.8) is 0 Å². The number of halogens is 1. The van der Waals surface area contributed by atoms with Gasteiger partial charge in [0.25, 0.3) is 0 Å². The summed E-state index contributed by atoms with van der Waals surface area (Å²) in [6, 6.07) is 0. The fourth-order valence-corrected chi connectivity index (χ4v) is 8.07. The van der Waals surface area contributed by atoms with Crippen LogP contribution in [-0.2, 0) is 19.1 Å². The fraction of sp³-hybridized carbons (Fsp3) is 0.731. The average Bonchev–Trinajstić information content (AvgIpc) is 2.96. The van der Waals surface area contributed by atoms with Gasteiger partial charge in [0.05, 0.1) is 6.10 Å². The highest BCUT2D eigenvalue weighted by Gasteiger charge is 2.73. The van der Waals surface area contributed by atoms with Crippen molar-refractivity contribution in [3.8, 4) is 0 Å². The highest BCUT2D eigenvalue weighted by atomic mass is 19.1. The summed E-state index contributed by atoms with van der Waals surface area (Å²) in [6.45, 7) is 6.66. The van der Waals surface area contributed by atoms with Gasteiger partial charge in [0, 0.05) is 29.1 Å². The number of carbonyl (C=O) groups is 3. The van der Waals surface area contributed by atoms with Crippen molar-refractivity contribution in [2.75, 3.05) is 6.61 Å². The van der Waals surface area contributed by atoms with Crippen LogP contribution in [0.3, 0.4) is 0 Å². The Kier molecular flexibility index (Phi) is 5.97. The number of rotatable bonds is 5. The van der Waals surface area contributed by atoms with Gasteiger partial charge in [-0.25, -0.2) is 4.39 Å². The molecule has 6 nitrogen and oxygen atoms in total. The number of carbonyl (C=O) groups excluding carboxylic acids is 3. The summed E-state index contributed by atoms with van der Waals surface area (Å²) in [6.07, 6.45) is 3.89. The molecule has 4 rings (SSSR count). The molecule has 0 bridgehead atoms. The van der Waals surface area contributed by atoms with Crippen LogP contribution < -0.4 is 0 Å². The number of esters is 1. The lowest BCUT2D eigenvalue weighted by Crippen LogP contribution is -2.64. The summed E-state index contributed by atoms with van der Waals surface area (Å²) in [5.74, 6) is -2.46. The first-order chi connectivity index (χ1) is 15.5. The monoisotopic (exact) mass is 462 g/mol. The number of aliphatic hydroxyl groups excluding tert-OH is 2. The van der Waals surface area contributed by atoms with Crippen molar-refractivity contribution in [1.82, 2.24) is 0 Å². The molecule has 3 saturated carbocycles. The summed E-state index contributed by atoms with van der Waals surface area (Å²) in [4.78, 5) is 37.9. The number of aliphatic hydroxyl groups is 2. The Morgan fingerprint density at radius 3 is 2.61 bits per heavy atom. The van der Waals surface area contributed by atoms with Gasteiger partial charge in [0.2, 0.25) is 5.78 Å². The van der Waals surface area contributed by atoms with Crippen molar-refractivity contribution in [2.24, 2.45) is 34.5 Å². The second-order valence-corrected chi connectivity index (χ2v) is 11.0. The Morgan fingerprint density at radius 2 is 1.97 bits per heavy atom. The molecule has 3 fully saturated rings. The lowest BCUT2D eigenvalue weighted by molar-refractivity contribution is -0.206. The minimum atomic E-state index is -1.56. The fourth-order valence-electron chi connectivity index (χ4n) is 8.07. The lowest BCUT2D eigenvalue weighted by atomic mass is 9.46. The number of fused-ring (bicyclic) bond motifs is 5. The number of ether oxygens (including phenoxy) is 1. The molecule has 0 aliphatic heterocycles. The van der Waals surface area contributed by atoms with Gasteiger partial charge in [-0.1, -0.05) is 33.8 Å². The van der Waals surface area contributed by atoms with Gasteiger partial charge in [0.15, 0.2) is 11.4 Å². The quantitative estimate of drug-likeness (QED) is 0.609. The Balaban J connectivity index is 1.81. The Labute approximate surface area is 194 Å². The smallest absolute Gasteiger partial charge is 0.306 e. The van der Waals surface area contributed by atoms with Gasteiger partial charge in [-0.3, -0.25) is 14.4 Å². The zero-order chi connectivity index (χ0) is 24.3. The molecule has 0 aromatic rings. The van der Waals surface area contributed by atoms with E-state index in [1.807, 2.05) is 27.7 Å². The van der Waals surface area contributed by atoms with Gasteiger partial charge >= 0.3 is 5.97 Å². The molecule has 0 aromatic heterocycles. The molecule has 182 valence electrons. The number of hydrogen-bond donors (Lipinski definition) is 2. The highest BCUT2D eigenvalue weighted by Crippen LogP contribution is 2.69. The van der Waals surface area contributed by atoms with Crippen molar-refractivity contribution in [2.45, 2.75) is 77.7 Å². The predicted octanol–water partition coefficient (Wildman–Crippen LogP) is 3.10. The molecule has 0 saturated heterocycles. The van der Waals surface area contributed by atoms with Crippen LogP contribution in [-0.4, -0.2) is 52.2 Å². The molecule has 9 atom stereocenters. The maximum absolute atomic E-state index is 15.5. The van der Waals surface area contributed by atoms with Crippen molar-refractivity contribution < 1.29 is 33.7 Å². The van der Waals surface area contributed by atoms with Crippen LogP contribution in [0.25, 0.3) is 0 Å². The molecule has 7 heteroatoms. The minimum absolute atomic E-state index is 0.142. The van der Waals surface area contributed by atoms with E-state index in [0.717, 1.165) is 0 Å². The van der Waals surface area contributed by atoms with E-state index >= 15 is 4.39 Å². The molecule has 4 aliphatic carbocycles. The van der Waals surface area contributed by atoms with Gasteiger partial charge in [-0.15, -0.1) is 0 Å². The van der Waals surface area contributed by atoms with E-state index in [0.29, 0.717) is 18.4 Å². The Morgan fingerprint density at radius 1 is 1.27 bits per heavy atom. The molecular weight excluding hydrogens is 427 g/mol. The third-order valence-corrected chi connectivity index (χ3v) is 9.30. The molecule has 4 aliphatic rings. The summed E-state index contributed by atoms with van der Waals surface area (Å²) < 4.78 is 21.5. The summed E-state index contributed by atoms with van der Waals surface area (Å²) in [7, 11) is 0. The first-order valence-electron chi connectivity index (χ1n) is 12.1. The number of hydrogen-bond acceptors (Lipinski definition) is 6. The zero-order valence-corrected chi connectivity index (χ0v) is 19.8. The molecule has 0 heterocycles. The molecule has 0 spiro atoms. The molecule has 2 unspecified atom stereocenters. The van der Waals surface area contributed by atoms with E-state index in [1.54, 1.807) is 6.08 Å². The van der Waals surface area contributed by atoms with Crippen LogP contribution in [0.1, 0.15) is 59.8 Å². The van der Waals surface area contributed by atoms with Crippen LogP contribution in [0.15, 0.2) is 23.8 Å². The summed E-state index contributed by atoms with van der Waals surface area (Å²) in [5, 5.41) is 21.4. The normalized spacial score (nSPS) is 46.2. The van der Waals surface area contributed by atoms with E-state index in [-0.39, 0.29) is 48.7 Å². The SMILES string of the molecule is CCCC(=O)O[C@@]1(C(=O)CO)C(C)C[C@H]2[C@@H]3CC(F)C4=CC(=O)C=C[C@]4(C)[C@H]3[C@@H](O)C[C@@]21C. The van der Waals surface area contributed by atoms with Crippen LogP contribution in [0, 0.1) is 34.5 Å². The number of ketones is 2. The van der Waals surface area contributed by atoms with Gasteiger partial charge < -0.3 is 14.9 Å². The Hall–Kier alpha value is -1.86. The van der Waals surface area contributed by atoms with E-state index in [4.69, 9.17) is 4.74 Å². The van der Waals surface area contributed by atoms with E-state index in [1.165, 1.54) is 12.2 Å². The summed E-state index contributed by atoms with van der Waals surface area (Å²) in [5.41, 5.74) is -2.89.